The van der Waals surface area contributed by atoms with Gasteiger partial charge in [-0.15, -0.1) is 0 Å². The van der Waals surface area contributed by atoms with E-state index in [1.807, 2.05) is 36.4 Å². The summed E-state index contributed by atoms with van der Waals surface area (Å²) in [6.45, 7) is 2.11. The Balaban J connectivity index is 2.05. The van der Waals surface area contributed by atoms with Crippen LogP contribution in [-0.4, -0.2) is 17.8 Å². The second-order valence-electron chi connectivity index (χ2n) is 5.25. The minimum atomic E-state index is -0.226. The van der Waals surface area contributed by atoms with Crippen LogP contribution in [0, 0.1) is 5.82 Å². The predicted octanol–water partition coefficient (Wildman–Crippen LogP) is 3.47. The van der Waals surface area contributed by atoms with Crippen LogP contribution in [0.1, 0.15) is 30.5 Å². The number of nitrogens with one attached hydrogen (secondary N) is 1. The lowest BCUT2D eigenvalue weighted by Gasteiger charge is -2.24. The largest absolute Gasteiger partial charge is 0.395 e. The molecule has 0 radical (unpaired) electrons. The van der Waals surface area contributed by atoms with Gasteiger partial charge in [-0.05, 0) is 36.1 Å². The fourth-order valence-electron chi connectivity index (χ4n) is 2.53. The van der Waals surface area contributed by atoms with E-state index in [0.717, 1.165) is 18.4 Å². The third-order valence-corrected chi connectivity index (χ3v) is 3.64. The van der Waals surface area contributed by atoms with Gasteiger partial charge in [-0.3, -0.25) is 0 Å². The Morgan fingerprint density at radius 1 is 1.10 bits per heavy atom. The van der Waals surface area contributed by atoms with Crippen LogP contribution in [0.3, 0.4) is 0 Å². The van der Waals surface area contributed by atoms with Crippen LogP contribution in [0.5, 0.6) is 0 Å². The average Bonchev–Trinajstić information content (AvgIpc) is 2.52. The number of hydrogen-bond acceptors (Lipinski definition) is 2. The van der Waals surface area contributed by atoms with Gasteiger partial charge in [-0.2, -0.15) is 0 Å². The third kappa shape index (κ3) is 4.66. The van der Waals surface area contributed by atoms with Crippen molar-refractivity contribution in [2.45, 2.75) is 31.8 Å². The smallest absolute Gasteiger partial charge is 0.123 e. The highest BCUT2D eigenvalue weighted by Gasteiger charge is 2.16. The molecule has 0 aliphatic rings. The molecule has 0 heterocycles. The molecule has 2 aromatic rings. The molecular formula is C18H22FNO. The molecule has 0 amide bonds. The second-order valence-corrected chi connectivity index (χ2v) is 5.25. The van der Waals surface area contributed by atoms with Gasteiger partial charge in [0.25, 0.3) is 0 Å². The quantitative estimate of drug-likeness (QED) is 0.817. The lowest BCUT2D eigenvalue weighted by atomic mass is 10.0. The molecule has 0 aliphatic heterocycles. The van der Waals surface area contributed by atoms with E-state index in [1.165, 1.54) is 11.6 Å². The van der Waals surface area contributed by atoms with Gasteiger partial charge in [0.1, 0.15) is 5.82 Å². The van der Waals surface area contributed by atoms with E-state index in [-0.39, 0.29) is 24.5 Å². The molecule has 0 saturated heterocycles. The Hall–Kier alpha value is -1.71. The maximum Gasteiger partial charge on any atom is 0.123 e. The van der Waals surface area contributed by atoms with Crippen molar-refractivity contribution >= 4 is 0 Å². The predicted molar refractivity (Wildman–Crippen MR) is 83.6 cm³/mol. The van der Waals surface area contributed by atoms with E-state index < -0.39 is 0 Å². The summed E-state index contributed by atoms with van der Waals surface area (Å²) in [5.41, 5.74) is 2.10. The Morgan fingerprint density at radius 3 is 2.48 bits per heavy atom. The van der Waals surface area contributed by atoms with Crippen molar-refractivity contribution in [1.29, 1.82) is 0 Å². The summed E-state index contributed by atoms with van der Waals surface area (Å²) in [5.74, 6) is -0.226. The molecule has 0 aromatic heterocycles. The molecule has 21 heavy (non-hydrogen) atoms. The first kappa shape index (κ1) is 15.7. The molecule has 2 aromatic carbocycles. The lowest BCUT2D eigenvalue weighted by molar-refractivity contribution is 0.229. The second kappa shape index (κ2) is 7.91. The molecule has 1 unspecified atom stereocenters. The monoisotopic (exact) mass is 287 g/mol. The molecule has 0 fully saturated rings. The molecule has 0 spiro atoms. The molecule has 0 aliphatic carbocycles. The first-order chi connectivity index (χ1) is 10.2. The molecule has 3 heteroatoms. The Bertz CT molecular complexity index is 544. The molecular weight excluding hydrogens is 265 g/mol. The molecule has 0 bridgehead atoms. The van der Waals surface area contributed by atoms with Crippen molar-refractivity contribution in [3.05, 3.63) is 71.5 Å². The van der Waals surface area contributed by atoms with Crippen molar-refractivity contribution in [3.63, 3.8) is 0 Å². The first-order valence-electron chi connectivity index (χ1n) is 7.39. The van der Waals surface area contributed by atoms with Crippen molar-refractivity contribution < 1.29 is 9.50 Å². The third-order valence-electron chi connectivity index (χ3n) is 3.64. The van der Waals surface area contributed by atoms with E-state index in [0.29, 0.717) is 0 Å². The van der Waals surface area contributed by atoms with Gasteiger partial charge in [0.05, 0.1) is 6.61 Å². The number of aliphatic hydroxyl groups excluding tert-OH is 1. The topological polar surface area (TPSA) is 32.3 Å². The van der Waals surface area contributed by atoms with Crippen LogP contribution in [0.15, 0.2) is 54.6 Å². The SMILES string of the molecule is CCC(N[C@H](CO)Cc1ccccc1)c1cccc(F)c1. The van der Waals surface area contributed by atoms with Crippen LogP contribution >= 0.6 is 0 Å². The highest BCUT2D eigenvalue weighted by Crippen LogP contribution is 2.19. The number of hydrogen-bond donors (Lipinski definition) is 2. The fourth-order valence-corrected chi connectivity index (χ4v) is 2.53. The zero-order valence-electron chi connectivity index (χ0n) is 12.3. The molecule has 2 rings (SSSR count). The highest BCUT2D eigenvalue weighted by atomic mass is 19.1. The summed E-state index contributed by atoms with van der Waals surface area (Å²) in [4.78, 5) is 0. The zero-order chi connectivity index (χ0) is 15.1. The maximum absolute atomic E-state index is 13.4. The molecule has 2 atom stereocenters. The number of rotatable bonds is 7. The summed E-state index contributed by atoms with van der Waals surface area (Å²) in [6.07, 6.45) is 1.60. The minimum absolute atomic E-state index is 0.0411. The fraction of sp³-hybridized carbons (Fsp3) is 0.333. The molecule has 0 saturated carbocycles. The van der Waals surface area contributed by atoms with Gasteiger partial charge in [0.2, 0.25) is 0 Å². The number of halogens is 1. The first-order valence-corrected chi connectivity index (χ1v) is 7.39. The van der Waals surface area contributed by atoms with Crippen LogP contribution in [0.4, 0.5) is 4.39 Å². The standard InChI is InChI=1S/C18H22FNO/c1-2-18(15-9-6-10-16(19)12-15)20-17(13-21)11-14-7-4-3-5-8-14/h3-10,12,17-18,20-21H,2,11,13H2,1H3/t17-,18?/m0/s1. The summed E-state index contributed by atoms with van der Waals surface area (Å²) >= 11 is 0. The van der Waals surface area contributed by atoms with E-state index in [1.54, 1.807) is 12.1 Å². The van der Waals surface area contributed by atoms with E-state index in [2.05, 4.69) is 12.2 Å². The van der Waals surface area contributed by atoms with Crippen LogP contribution in [0.25, 0.3) is 0 Å². The highest BCUT2D eigenvalue weighted by molar-refractivity contribution is 5.21. The average molecular weight is 287 g/mol. The summed E-state index contributed by atoms with van der Waals surface area (Å²) in [6, 6.07) is 16.7. The van der Waals surface area contributed by atoms with Gasteiger partial charge in [-0.1, -0.05) is 49.4 Å². The van der Waals surface area contributed by atoms with Gasteiger partial charge in [-0.25, -0.2) is 4.39 Å². The van der Waals surface area contributed by atoms with E-state index in [9.17, 15) is 9.50 Å². The summed E-state index contributed by atoms with van der Waals surface area (Å²) < 4.78 is 13.4. The van der Waals surface area contributed by atoms with Gasteiger partial charge in [0.15, 0.2) is 0 Å². The van der Waals surface area contributed by atoms with Crippen LogP contribution in [0.2, 0.25) is 0 Å². The zero-order valence-corrected chi connectivity index (χ0v) is 12.3. The maximum atomic E-state index is 13.4. The van der Waals surface area contributed by atoms with Gasteiger partial charge < -0.3 is 10.4 Å². The molecule has 2 nitrogen and oxygen atoms in total. The van der Waals surface area contributed by atoms with Crippen molar-refractivity contribution in [1.82, 2.24) is 5.32 Å². The van der Waals surface area contributed by atoms with E-state index >= 15 is 0 Å². The normalized spacial score (nSPS) is 13.9. The van der Waals surface area contributed by atoms with Crippen LogP contribution in [-0.2, 0) is 6.42 Å². The number of benzene rings is 2. The minimum Gasteiger partial charge on any atom is -0.395 e. The van der Waals surface area contributed by atoms with Gasteiger partial charge in [0, 0.05) is 12.1 Å². The van der Waals surface area contributed by atoms with Gasteiger partial charge >= 0.3 is 0 Å². The lowest BCUT2D eigenvalue weighted by Crippen LogP contribution is -2.37. The van der Waals surface area contributed by atoms with Crippen molar-refractivity contribution in [2.24, 2.45) is 0 Å². The van der Waals surface area contributed by atoms with Crippen molar-refractivity contribution in [3.8, 4) is 0 Å². The Morgan fingerprint density at radius 2 is 1.86 bits per heavy atom. The summed E-state index contributed by atoms with van der Waals surface area (Å²) in [7, 11) is 0. The molecule has 2 N–H and O–H groups in total. The van der Waals surface area contributed by atoms with Crippen molar-refractivity contribution in [2.75, 3.05) is 6.61 Å². The Labute approximate surface area is 125 Å². The summed E-state index contributed by atoms with van der Waals surface area (Å²) in [5, 5.41) is 13.0. The molecule has 112 valence electrons. The van der Waals surface area contributed by atoms with E-state index in [4.69, 9.17) is 0 Å². The van der Waals surface area contributed by atoms with Crippen LogP contribution < -0.4 is 5.32 Å². The number of aliphatic hydroxyl groups is 1. The Kier molecular flexibility index (Phi) is 5.90.